The van der Waals surface area contributed by atoms with E-state index < -0.39 is 0 Å². The summed E-state index contributed by atoms with van der Waals surface area (Å²) in [4.78, 5) is 0. The van der Waals surface area contributed by atoms with Gasteiger partial charge in [0.25, 0.3) is 0 Å². The molecule has 1 aliphatic carbocycles. The fourth-order valence-corrected chi connectivity index (χ4v) is 3.26. The molecular weight excluding hydrogens is 236 g/mol. The zero-order chi connectivity index (χ0) is 13.4. The average Bonchev–Trinajstić information content (AvgIpc) is 3.14. The molecule has 3 heteroatoms. The molecule has 1 saturated heterocycles. The molecular formula is C16H26N2O. The summed E-state index contributed by atoms with van der Waals surface area (Å²) in [5.41, 5.74) is 1.28. The molecule has 3 nitrogen and oxygen atoms in total. The Morgan fingerprint density at radius 1 is 1.42 bits per heavy atom. The number of ether oxygens (including phenoxy) is 1. The predicted octanol–water partition coefficient (Wildman–Crippen LogP) is 4.12. The Labute approximate surface area is 116 Å². The fourth-order valence-electron chi connectivity index (χ4n) is 3.26. The first-order chi connectivity index (χ1) is 9.17. The molecule has 4 atom stereocenters. The molecule has 19 heavy (non-hydrogen) atoms. The van der Waals surface area contributed by atoms with Crippen molar-refractivity contribution in [2.24, 2.45) is 11.8 Å². The van der Waals surface area contributed by atoms with Gasteiger partial charge in [0, 0.05) is 11.8 Å². The lowest BCUT2D eigenvalue weighted by atomic mass is 9.80. The van der Waals surface area contributed by atoms with E-state index in [1.54, 1.807) is 0 Å². The van der Waals surface area contributed by atoms with Crippen molar-refractivity contribution in [2.45, 2.75) is 71.1 Å². The standard InChI is InChI=1S/C16H26N2O/c1-4-11(2)13-7-12(3)19-16(8-13)14-9-17-18(10-14)15-5-6-15/h9-13,15-16H,4-8H2,1-3H3. The van der Waals surface area contributed by atoms with Crippen molar-refractivity contribution in [1.82, 2.24) is 9.78 Å². The highest BCUT2D eigenvalue weighted by atomic mass is 16.5. The maximum Gasteiger partial charge on any atom is 0.0861 e. The van der Waals surface area contributed by atoms with Crippen LogP contribution in [0.15, 0.2) is 12.4 Å². The zero-order valence-electron chi connectivity index (χ0n) is 12.4. The van der Waals surface area contributed by atoms with Gasteiger partial charge in [-0.15, -0.1) is 0 Å². The smallest absolute Gasteiger partial charge is 0.0861 e. The van der Waals surface area contributed by atoms with Gasteiger partial charge in [0.15, 0.2) is 0 Å². The Morgan fingerprint density at radius 2 is 2.21 bits per heavy atom. The van der Waals surface area contributed by atoms with Gasteiger partial charge < -0.3 is 4.74 Å². The molecule has 2 aliphatic rings. The monoisotopic (exact) mass is 262 g/mol. The van der Waals surface area contributed by atoms with E-state index in [1.807, 2.05) is 6.20 Å². The molecule has 0 bridgehead atoms. The Bertz CT molecular complexity index is 424. The number of rotatable bonds is 4. The third-order valence-corrected chi connectivity index (χ3v) is 4.91. The van der Waals surface area contributed by atoms with Gasteiger partial charge in [0.05, 0.1) is 24.4 Å². The minimum Gasteiger partial charge on any atom is -0.370 e. The van der Waals surface area contributed by atoms with Crippen LogP contribution < -0.4 is 0 Å². The third kappa shape index (κ3) is 2.86. The van der Waals surface area contributed by atoms with Gasteiger partial charge in [-0.3, -0.25) is 4.68 Å². The van der Waals surface area contributed by atoms with E-state index in [-0.39, 0.29) is 6.10 Å². The van der Waals surface area contributed by atoms with Gasteiger partial charge in [0.2, 0.25) is 0 Å². The van der Waals surface area contributed by atoms with Crippen molar-refractivity contribution >= 4 is 0 Å². The summed E-state index contributed by atoms with van der Waals surface area (Å²) in [6.45, 7) is 6.89. The molecule has 0 aromatic carbocycles. The van der Waals surface area contributed by atoms with E-state index in [9.17, 15) is 0 Å². The highest BCUT2D eigenvalue weighted by Crippen LogP contribution is 2.40. The Balaban J connectivity index is 1.71. The summed E-state index contributed by atoms with van der Waals surface area (Å²) >= 11 is 0. The maximum atomic E-state index is 6.16. The summed E-state index contributed by atoms with van der Waals surface area (Å²) < 4.78 is 8.29. The second-order valence-corrected chi connectivity index (χ2v) is 6.54. The van der Waals surface area contributed by atoms with E-state index in [4.69, 9.17) is 4.74 Å². The van der Waals surface area contributed by atoms with E-state index in [0.29, 0.717) is 12.1 Å². The largest absolute Gasteiger partial charge is 0.370 e. The molecule has 1 saturated carbocycles. The van der Waals surface area contributed by atoms with Crippen LogP contribution in [-0.4, -0.2) is 15.9 Å². The third-order valence-electron chi connectivity index (χ3n) is 4.91. The van der Waals surface area contributed by atoms with Crippen molar-refractivity contribution in [2.75, 3.05) is 0 Å². The molecule has 0 radical (unpaired) electrons. The molecule has 2 fully saturated rings. The minimum absolute atomic E-state index is 0.259. The molecule has 106 valence electrons. The number of nitrogens with zero attached hydrogens (tertiary/aromatic N) is 2. The van der Waals surface area contributed by atoms with Gasteiger partial charge in [-0.25, -0.2) is 0 Å². The van der Waals surface area contributed by atoms with Gasteiger partial charge in [-0.1, -0.05) is 20.3 Å². The van der Waals surface area contributed by atoms with Gasteiger partial charge in [0.1, 0.15) is 0 Å². The van der Waals surface area contributed by atoms with Crippen LogP contribution in [0.4, 0.5) is 0 Å². The first-order valence-corrected chi connectivity index (χ1v) is 7.86. The molecule has 0 amide bonds. The van der Waals surface area contributed by atoms with Crippen molar-refractivity contribution < 1.29 is 4.74 Å². The molecule has 2 heterocycles. The summed E-state index contributed by atoms with van der Waals surface area (Å²) in [7, 11) is 0. The first kappa shape index (κ1) is 13.2. The SMILES string of the molecule is CCC(C)C1CC(C)OC(c2cnn(C3CC3)c2)C1. The highest BCUT2D eigenvalue weighted by molar-refractivity contribution is 5.11. The molecule has 0 spiro atoms. The topological polar surface area (TPSA) is 27.1 Å². The van der Waals surface area contributed by atoms with Gasteiger partial charge >= 0.3 is 0 Å². The maximum absolute atomic E-state index is 6.16. The molecule has 4 unspecified atom stereocenters. The van der Waals surface area contributed by atoms with Crippen molar-refractivity contribution in [3.8, 4) is 0 Å². The Kier molecular flexibility index (Phi) is 3.66. The molecule has 1 aromatic heterocycles. The van der Waals surface area contributed by atoms with Crippen molar-refractivity contribution in [1.29, 1.82) is 0 Å². The molecule has 0 N–H and O–H groups in total. The lowest BCUT2D eigenvalue weighted by Gasteiger charge is -2.36. The lowest BCUT2D eigenvalue weighted by Crippen LogP contribution is -2.29. The van der Waals surface area contributed by atoms with Crippen molar-refractivity contribution in [3.63, 3.8) is 0 Å². The second kappa shape index (κ2) is 5.28. The Morgan fingerprint density at radius 3 is 2.89 bits per heavy atom. The number of hydrogen-bond donors (Lipinski definition) is 0. The number of aromatic nitrogens is 2. The quantitative estimate of drug-likeness (QED) is 0.816. The van der Waals surface area contributed by atoms with Crippen LogP contribution in [0, 0.1) is 11.8 Å². The highest BCUT2D eigenvalue weighted by Gasteiger charge is 2.32. The van der Waals surface area contributed by atoms with Crippen LogP contribution in [0.2, 0.25) is 0 Å². The first-order valence-electron chi connectivity index (χ1n) is 7.86. The van der Waals surface area contributed by atoms with Crippen LogP contribution in [0.1, 0.15) is 70.6 Å². The zero-order valence-corrected chi connectivity index (χ0v) is 12.4. The van der Waals surface area contributed by atoms with Crippen LogP contribution >= 0.6 is 0 Å². The Hall–Kier alpha value is -0.830. The van der Waals surface area contributed by atoms with Crippen LogP contribution in [0.3, 0.4) is 0 Å². The summed E-state index contributed by atoms with van der Waals surface area (Å²) in [5.74, 6) is 1.59. The van der Waals surface area contributed by atoms with Crippen LogP contribution in [0.5, 0.6) is 0 Å². The lowest BCUT2D eigenvalue weighted by molar-refractivity contribution is -0.0736. The van der Waals surface area contributed by atoms with Crippen LogP contribution in [-0.2, 0) is 4.74 Å². The van der Waals surface area contributed by atoms with Gasteiger partial charge in [-0.05, 0) is 44.4 Å². The van der Waals surface area contributed by atoms with E-state index in [0.717, 1.165) is 18.3 Å². The summed E-state index contributed by atoms with van der Waals surface area (Å²) in [6.07, 6.45) is 11.1. The summed E-state index contributed by atoms with van der Waals surface area (Å²) in [6, 6.07) is 0.667. The number of hydrogen-bond acceptors (Lipinski definition) is 2. The normalized spacial score (nSPS) is 33.3. The van der Waals surface area contributed by atoms with Gasteiger partial charge in [-0.2, -0.15) is 5.10 Å². The second-order valence-electron chi connectivity index (χ2n) is 6.54. The molecule has 1 aromatic rings. The average molecular weight is 262 g/mol. The van der Waals surface area contributed by atoms with Crippen LogP contribution in [0.25, 0.3) is 0 Å². The predicted molar refractivity (Wildman–Crippen MR) is 76.0 cm³/mol. The fraction of sp³-hybridized carbons (Fsp3) is 0.812. The van der Waals surface area contributed by atoms with E-state index in [1.165, 1.54) is 31.2 Å². The molecule has 3 rings (SSSR count). The van der Waals surface area contributed by atoms with Crippen molar-refractivity contribution in [3.05, 3.63) is 18.0 Å². The summed E-state index contributed by atoms with van der Waals surface area (Å²) in [5, 5.41) is 4.51. The van der Waals surface area contributed by atoms with E-state index in [2.05, 4.69) is 36.7 Å². The molecule has 1 aliphatic heterocycles. The minimum atomic E-state index is 0.259. The van der Waals surface area contributed by atoms with E-state index >= 15 is 0 Å².